The Bertz CT molecular complexity index is 381. The predicted molar refractivity (Wildman–Crippen MR) is 79.5 cm³/mol. The maximum Gasteiger partial charge on any atom is 0.233 e. The van der Waals surface area contributed by atoms with Crippen molar-refractivity contribution < 1.29 is 4.79 Å². The monoisotopic (exact) mass is 305 g/mol. The topological polar surface area (TPSA) is 54.9 Å². The van der Waals surface area contributed by atoms with Gasteiger partial charge in [-0.2, -0.15) is 0 Å². The van der Waals surface area contributed by atoms with Crippen LogP contribution < -0.4 is 5.32 Å². The number of hydrogen-bond donors (Lipinski definition) is 1. The molecule has 1 aromatic heterocycles. The molecule has 1 amide bonds. The van der Waals surface area contributed by atoms with Gasteiger partial charge in [0.25, 0.3) is 0 Å². The van der Waals surface area contributed by atoms with Gasteiger partial charge in [-0.1, -0.05) is 48.7 Å². The number of rotatable bonds is 7. The average molecular weight is 305 g/mol. The van der Waals surface area contributed by atoms with E-state index < -0.39 is 0 Å². The van der Waals surface area contributed by atoms with Crippen molar-refractivity contribution in [1.29, 1.82) is 0 Å². The fourth-order valence-corrected chi connectivity index (χ4v) is 4.23. The molecule has 0 aromatic carbocycles. The minimum atomic E-state index is -0.124. The smallest absolute Gasteiger partial charge is 0.233 e. The molecule has 1 N–H and O–H groups in total. The highest BCUT2D eigenvalue weighted by Crippen LogP contribution is 2.31. The summed E-state index contributed by atoms with van der Waals surface area (Å²) in [5.41, 5.74) is 0. The summed E-state index contributed by atoms with van der Waals surface area (Å²) in [6.07, 6.45) is 0. The maximum absolute atomic E-state index is 11.6. The fourth-order valence-electron chi connectivity index (χ4n) is 1.06. The molecular formula is C11H19N3OS3. The Morgan fingerprint density at radius 2 is 2.00 bits per heavy atom. The van der Waals surface area contributed by atoms with Crippen molar-refractivity contribution in [1.82, 2.24) is 15.5 Å². The third kappa shape index (κ3) is 5.58. The SMILES string of the molecule is CCNC(=O)[C@@H](C)Sc1nnc(SCC(C)C)s1. The number of nitrogens with zero attached hydrogens (tertiary/aromatic N) is 2. The van der Waals surface area contributed by atoms with E-state index in [2.05, 4.69) is 29.4 Å². The van der Waals surface area contributed by atoms with Gasteiger partial charge in [0.1, 0.15) is 0 Å². The van der Waals surface area contributed by atoms with Gasteiger partial charge in [-0.05, 0) is 19.8 Å². The van der Waals surface area contributed by atoms with Crippen LogP contribution in [0.5, 0.6) is 0 Å². The van der Waals surface area contributed by atoms with Gasteiger partial charge < -0.3 is 5.32 Å². The second-order valence-electron chi connectivity index (χ2n) is 4.19. The highest BCUT2D eigenvalue weighted by molar-refractivity contribution is 8.03. The van der Waals surface area contributed by atoms with E-state index in [1.54, 1.807) is 23.1 Å². The average Bonchev–Trinajstić information content (AvgIpc) is 2.74. The standard InChI is InChI=1S/C11H19N3OS3/c1-5-12-9(15)8(4)17-11-14-13-10(18-11)16-6-7(2)3/h7-8H,5-6H2,1-4H3,(H,12,15)/t8-/m1/s1. The summed E-state index contributed by atoms with van der Waals surface area (Å²) >= 11 is 4.75. The van der Waals surface area contributed by atoms with E-state index in [0.717, 1.165) is 14.4 Å². The number of nitrogens with one attached hydrogen (secondary N) is 1. The Hall–Kier alpha value is -0.270. The molecule has 102 valence electrons. The molecule has 18 heavy (non-hydrogen) atoms. The minimum Gasteiger partial charge on any atom is -0.355 e. The maximum atomic E-state index is 11.6. The molecule has 4 nitrogen and oxygen atoms in total. The first kappa shape index (κ1) is 15.8. The lowest BCUT2D eigenvalue weighted by Gasteiger charge is -2.07. The molecular weight excluding hydrogens is 286 g/mol. The molecule has 0 saturated carbocycles. The van der Waals surface area contributed by atoms with Crippen LogP contribution in [-0.2, 0) is 4.79 Å². The second kappa shape index (κ2) is 8.01. The van der Waals surface area contributed by atoms with Crippen molar-refractivity contribution in [3.63, 3.8) is 0 Å². The van der Waals surface area contributed by atoms with E-state index in [1.165, 1.54) is 11.8 Å². The molecule has 1 atom stereocenters. The molecule has 0 radical (unpaired) electrons. The van der Waals surface area contributed by atoms with Crippen molar-refractivity contribution in [3.8, 4) is 0 Å². The predicted octanol–water partition coefficient (Wildman–Crippen LogP) is 2.90. The zero-order valence-corrected chi connectivity index (χ0v) is 13.5. The van der Waals surface area contributed by atoms with Crippen LogP contribution >= 0.6 is 34.9 Å². The van der Waals surface area contributed by atoms with Crippen LogP contribution in [0.15, 0.2) is 8.68 Å². The summed E-state index contributed by atoms with van der Waals surface area (Å²) in [6.45, 7) is 8.83. The van der Waals surface area contributed by atoms with E-state index in [9.17, 15) is 4.79 Å². The normalized spacial score (nSPS) is 12.7. The van der Waals surface area contributed by atoms with Crippen LogP contribution in [0.25, 0.3) is 0 Å². The molecule has 0 aliphatic rings. The lowest BCUT2D eigenvalue weighted by atomic mass is 10.3. The van der Waals surface area contributed by atoms with E-state index in [1.807, 2.05) is 13.8 Å². The van der Waals surface area contributed by atoms with E-state index in [-0.39, 0.29) is 11.2 Å². The molecule has 0 saturated heterocycles. The number of carbonyl (C=O) groups is 1. The van der Waals surface area contributed by atoms with Crippen LogP contribution in [0.3, 0.4) is 0 Å². The number of amides is 1. The number of hydrogen-bond acceptors (Lipinski definition) is 6. The molecule has 0 spiro atoms. The summed E-state index contributed by atoms with van der Waals surface area (Å²) in [4.78, 5) is 11.6. The Morgan fingerprint density at radius 3 is 2.61 bits per heavy atom. The molecule has 1 heterocycles. The van der Waals surface area contributed by atoms with Crippen molar-refractivity contribution >= 4 is 40.8 Å². The summed E-state index contributed by atoms with van der Waals surface area (Å²) in [5.74, 6) is 1.74. The van der Waals surface area contributed by atoms with Crippen molar-refractivity contribution in [2.75, 3.05) is 12.3 Å². The van der Waals surface area contributed by atoms with Crippen molar-refractivity contribution in [2.45, 2.75) is 41.6 Å². The van der Waals surface area contributed by atoms with Gasteiger partial charge in [0.2, 0.25) is 5.91 Å². The van der Waals surface area contributed by atoms with E-state index >= 15 is 0 Å². The summed E-state index contributed by atoms with van der Waals surface area (Å²) in [6, 6.07) is 0. The zero-order valence-electron chi connectivity index (χ0n) is 11.1. The molecule has 0 unspecified atom stereocenters. The third-order valence-corrected chi connectivity index (χ3v) is 5.59. The first-order chi connectivity index (χ1) is 8.52. The lowest BCUT2D eigenvalue weighted by Crippen LogP contribution is -2.30. The van der Waals surface area contributed by atoms with Gasteiger partial charge in [0, 0.05) is 12.3 Å². The molecule has 7 heteroatoms. The third-order valence-electron chi connectivity index (χ3n) is 1.93. The van der Waals surface area contributed by atoms with E-state index in [4.69, 9.17) is 0 Å². The number of thioether (sulfide) groups is 2. The van der Waals surface area contributed by atoms with Gasteiger partial charge in [-0.25, -0.2) is 0 Å². The first-order valence-corrected chi connectivity index (χ1v) is 8.61. The van der Waals surface area contributed by atoms with Crippen molar-refractivity contribution in [2.24, 2.45) is 5.92 Å². The van der Waals surface area contributed by atoms with Gasteiger partial charge in [0.05, 0.1) is 5.25 Å². The van der Waals surface area contributed by atoms with Gasteiger partial charge in [-0.3, -0.25) is 4.79 Å². The Kier molecular flexibility index (Phi) is 7.03. The molecule has 0 bridgehead atoms. The quantitative estimate of drug-likeness (QED) is 0.785. The zero-order chi connectivity index (χ0) is 13.5. The molecule has 0 aliphatic heterocycles. The van der Waals surface area contributed by atoms with Crippen LogP contribution in [0.1, 0.15) is 27.7 Å². The van der Waals surface area contributed by atoms with Gasteiger partial charge in [0.15, 0.2) is 8.68 Å². The first-order valence-electron chi connectivity index (χ1n) is 5.93. The molecule has 0 fully saturated rings. The van der Waals surface area contributed by atoms with Gasteiger partial charge in [-0.15, -0.1) is 10.2 Å². The lowest BCUT2D eigenvalue weighted by molar-refractivity contribution is -0.120. The highest BCUT2D eigenvalue weighted by atomic mass is 32.2. The summed E-state index contributed by atoms with van der Waals surface area (Å²) in [7, 11) is 0. The highest BCUT2D eigenvalue weighted by Gasteiger charge is 2.16. The number of aromatic nitrogens is 2. The fraction of sp³-hybridized carbons (Fsp3) is 0.727. The van der Waals surface area contributed by atoms with Gasteiger partial charge >= 0.3 is 0 Å². The number of carbonyl (C=O) groups excluding carboxylic acids is 1. The molecule has 1 rings (SSSR count). The Morgan fingerprint density at radius 1 is 1.33 bits per heavy atom. The van der Waals surface area contributed by atoms with Crippen LogP contribution in [0.2, 0.25) is 0 Å². The van der Waals surface area contributed by atoms with E-state index in [0.29, 0.717) is 12.5 Å². The largest absolute Gasteiger partial charge is 0.355 e. The van der Waals surface area contributed by atoms with Crippen LogP contribution in [-0.4, -0.2) is 33.7 Å². The second-order valence-corrected chi connectivity index (χ2v) is 8.03. The van der Waals surface area contributed by atoms with Crippen molar-refractivity contribution in [3.05, 3.63) is 0 Å². The van der Waals surface area contributed by atoms with Crippen LogP contribution in [0.4, 0.5) is 0 Å². The van der Waals surface area contributed by atoms with Crippen LogP contribution in [0, 0.1) is 5.92 Å². The Balaban J connectivity index is 2.45. The molecule has 0 aliphatic carbocycles. The molecule has 1 aromatic rings. The summed E-state index contributed by atoms with van der Waals surface area (Å²) in [5, 5.41) is 10.9. The Labute approximate surface area is 121 Å². The minimum absolute atomic E-state index is 0.0501. The summed E-state index contributed by atoms with van der Waals surface area (Å²) < 4.78 is 1.84.